The molecule has 4 heteroatoms. The molecule has 0 bridgehead atoms. The van der Waals surface area contributed by atoms with E-state index in [2.05, 4.69) is 5.32 Å². The van der Waals surface area contributed by atoms with Gasteiger partial charge in [0.05, 0.1) is 15.0 Å². The number of unbranched alkanes of at least 4 members (excludes halogenated alkanes) is 2. The topological polar surface area (TPSA) is 38.3 Å². The number of ether oxygens (including phenoxy) is 1. The highest BCUT2D eigenvalue weighted by atomic mass is 16.5. The van der Waals surface area contributed by atoms with E-state index in [9.17, 15) is 4.79 Å². The Labute approximate surface area is 87.0 Å². The number of hydrogen-bond donors (Lipinski definition) is 1. The van der Waals surface area contributed by atoms with Crippen molar-refractivity contribution in [3.05, 3.63) is 0 Å². The molecule has 1 aliphatic carbocycles. The van der Waals surface area contributed by atoms with E-state index in [1.807, 2.05) is 0 Å². The first-order valence-electron chi connectivity index (χ1n) is 5.29. The van der Waals surface area contributed by atoms with Gasteiger partial charge < -0.3 is 10.1 Å². The van der Waals surface area contributed by atoms with Crippen LogP contribution >= 0.6 is 0 Å². The zero-order chi connectivity index (χ0) is 10.4. The van der Waals surface area contributed by atoms with E-state index >= 15 is 0 Å². The quantitative estimate of drug-likeness (QED) is 0.374. The van der Waals surface area contributed by atoms with Gasteiger partial charge in [0.2, 0.25) is 0 Å². The molecule has 0 aromatic carbocycles. The smallest absolute Gasteiger partial charge is 0.326 e. The van der Waals surface area contributed by atoms with Crippen molar-refractivity contribution in [1.29, 1.82) is 0 Å². The largest absolute Gasteiger partial charge is 0.468 e. The third kappa shape index (κ3) is 3.01. The molecule has 0 aromatic heterocycles. The summed E-state index contributed by atoms with van der Waals surface area (Å²) in [7, 11) is 6.83. The number of carbonyl (C=O) groups excluding carboxylic acids is 1. The van der Waals surface area contributed by atoms with Gasteiger partial charge in [-0.25, -0.2) is 0 Å². The molecule has 14 heavy (non-hydrogen) atoms. The maximum Gasteiger partial charge on any atom is 0.326 e. The molecule has 0 aliphatic heterocycles. The molecule has 78 valence electrons. The Balaban J connectivity index is 2.09. The first-order chi connectivity index (χ1) is 6.75. The predicted molar refractivity (Wildman–Crippen MR) is 56.4 cm³/mol. The fourth-order valence-electron chi connectivity index (χ4n) is 1.55. The van der Waals surface area contributed by atoms with Gasteiger partial charge in [-0.2, -0.15) is 0 Å². The summed E-state index contributed by atoms with van der Waals surface area (Å²) in [6, 6.07) is 0. The summed E-state index contributed by atoms with van der Waals surface area (Å²) in [5, 5.41) is 3.26. The number of methoxy groups -OCH3 is 1. The molecule has 1 saturated carbocycles. The number of carbonyl (C=O) groups is 1. The van der Waals surface area contributed by atoms with E-state index in [0.29, 0.717) is 0 Å². The molecule has 2 radical (unpaired) electrons. The molecule has 1 aliphatic rings. The summed E-state index contributed by atoms with van der Waals surface area (Å²) in [6.45, 7) is 0.884. The van der Waals surface area contributed by atoms with Crippen LogP contribution in [0.5, 0.6) is 0 Å². The van der Waals surface area contributed by atoms with Gasteiger partial charge in [0.1, 0.15) is 5.54 Å². The van der Waals surface area contributed by atoms with Gasteiger partial charge in [0.25, 0.3) is 0 Å². The van der Waals surface area contributed by atoms with Crippen LogP contribution in [0.1, 0.15) is 32.1 Å². The fourth-order valence-corrected chi connectivity index (χ4v) is 1.55. The van der Waals surface area contributed by atoms with Crippen LogP contribution in [-0.2, 0) is 9.53 Å². The van der Waals surface area contributed by atoms with Crippen molar-refractivity contribution in [3.63, 3.8) is 0 Å². The number of esters is 1. The summed E-state index contributed by atoms with van der Waals surface area (Å²) >= 11 is 0. The molecule has 0 atom stereocenters. The summed E-state index contributed by atoms with van der Waals surface area (Å²) in [4.78, 5) is 11.3. The van der Waals surface area contributed by atoms with E-state index < -0.39 is 0 Å². The van der Waals surface area contributed by atoms with E-state index in [1.165, 1.54) is 7.11 Å². The molecule has 1 rings (SSSR count). The van der Waals surface area contributed by atoms with Crippen LogP contribution in [0, 0.1) is 0 Å². The van der Waals surface area contributed by atoms with Crippen LogP contribution in [0.4, 0.5) is 0 Å². The molecule has 0 heterocycles. The zero-order valence-corrected chi connectivity index (χ0v) is 8.84. The molecule has 3 nitrogen and oxygen atoms in total. The summed E-state index contributed by atoms with van der Waals surface area (Å²) < 4.78 is 4.73. The Morgan fingerprint density at radius 2 is 2.14 bits per heavy atom. The SMILES string of the molecule is [B]CCCCCNC1(C(=O)OC)CC1. The molecule has 0 aromatic rings. The molecular weight excluding hydrogens is 177 g/mol. The van der Waals surface area contributed by atoms with Crippen molar-refractivity contribution in [1.82, 2.24) is 5.32 Å². The first kappa shape index (κ1) is 11.6. The van der Waals surface area contributed by atoms with Crippen molar-refractivity contribution in [2.45, 2.75) is 44.0 Å². The maximum absolute atomic E-state index is 11.3. The fraction of sp³-hybridized carbons (Fsp3) is 0.900. The lowest BCUT2D eigenvalue weighted by Crippen LogP contribution is -2.40. The third-order valence-corrected chi connectivity index (χ3v) is 2.67. The van der Waals surface area contributed by atoms with Crippen LogP contribution in [0.2, 0.25) is 6.32 Å². The minimum Gasteiger partial charge on any atom is -0.468 e. The van der Waals surface area contributed by atoms with Crippen molar-refractivity contribution < 1.29 is 9.53 Å². The van der Waals surface area contributed by atoms with E-state index in [1.54, 1.807) is 0 Å². The Kier molecular flexibility index (Phi) is 4.46. The molecule has 0 spiro atoms. The Morgan fingerprint density at radius 3 is 2.64 bits per heavy atom. The predicted octanol–water partition coefficient (Wildman–Crippen LogP) is 1.04. The van der Waals surface area contributed by atoms with E-state index in [4.69, 9.17) is 12.6 Å². The number of rotatable bonds is 7. The van der Waals surface area contributed by atoms with Gasteiger partial charge in [-0.15, -0.1) is 0 Å². The standard InChI is InChI=1S/C10H18BNO2/c1-14-9(13)10(5-6-10)12-8-4-2-3-7-11/h12H,2-8H2,1H3. The van der Waals surface area contributed by atoms with Gasteiger partial charge in [-0.1, -0.05) is 19.2 Å². The van der Waals surface area contributed by atoms with Crippen molar-refractivity contribution in [3.8, 4) is 0 Å². The van der Waals surface area contributed by atoms with Crippen molar-refractivity contribution in [2.24, 2.45) is 0 Å². The summed E-state index contributed by atoms with van der Waals surface area (Å²) in [5.41, 5.74) is -0.336. The van der Waals surface area contributed by atoms with E-state index in [-0.39, 0.29) is 11.5 Å². The second kappa shape index (κ2) is 5.39. The average molecular weight is 195 g/mol. The first-order valence-corrected chi connectivity index (χ1v) is 5.29. The highest BCUT2D eigenvalue weighted by Gasteiger charge is 2.50. The minimum absolute atomic E-state index is 0.115. The van der Waals surface area contributed by atoms with Crippen LogP contribution < -0.4 is 5.32 Å². The molecule has 1 N–H and O–H groups in total. The average Bonchev–Trinajstić information content (AvgIpc) is 2.98. The lowest BCUT2D eigenvalue weighted by atomic mass is 9.99. The lowest BCUT2D eigenvalue weighted by molar-refractivity contribution is -0.144. The summed E-state index contributed by atoms with van der Waals surface area (Å²) in [5.74, 6) is -0.115. The lowest BCUT2D eigenvalue weighted by Gasteiger charge is -2.14. The highest BCUT2D eigenvalue weighted by molar-refractivity contribution is 6.08. The second-order valence-electron chi connectivity index (χ2n) is 3.85. The van der Waals surface area contributed by atoms with Gasteiger partial charge >= 0.3 is 5.97 Å². The highest BCUT2D eigenvalue weighted by Crippen LogP contribution is 2.36. The van der Waals surface area contributed by atoms with Gasteiger partial charge in [-0.05, 0) is 25.8 Å². The minimum atomic E-state index is -0.336. The third-order valence-electron chi connectivity index (χ3n) is 2.67. The Morgan fingerprint density at radius 1 is 1.43 bits per heavy atom. The second-order valence-corrected chi connectivity index (χ2v) is 3.85. The summed E-state index contributed by atoms with van der Waals surface area (Å²) in [6.07, 6.45) is 5.85. The molecular formula is C10H18BNO2. The van der Waals surface area contributed by atoms with Crippen molar-refractivity contribution >= 4 is 13.8 Å². The number of nitrogens with one attached hydrogen (secondary N) is 1. The van der Waals surface area contributed by atoms with Crippen LogP contribution in [0.25, 0.3) is 0 Å². The normalized spacial score (nSPS) is 17.8. The molecule has 1 fully saturated rings. The van der Waals surface area contributed by atoms with Gasteiger partial charge in [-0.3, -0.25) is 4.79 Å². The van der Waals surface area contributed by atoms with Crippen molar-refractivity contribution in [2.75, 3.05) is 13.7 Å². The van der Waals surface area contributed by atoms with Crippen LogP contribution in [-0.4, -0.2) is 33.0 Å². The number of hydrogen-bond acceptors (Lipinski definition) is 3. The monoisotopic (exact) mass is 195 g/mol. The maximum atomic E-state index is 11.3. The zero-order valence-electron chi connectivity index (χ0n) is 8.84. The van der Waals surface area contributed by atoms with E-state index in [0.717, 1.165) is 45.0 Å². The van der Waals surface area contributed by atoms with Gasteiger partial charge in [0, 0.05) is 0 Å². The molecule has 0 saturated heterocycles. The molecule has 0 unspecified atom stereocenters. The van der Waals surface area contributed by atoms with Gasteiger partial charge in [0.15, 0.2) is 0 Å². The molecule has 0 amide bonds. The van der Waals surface area contributed by atoms with Crippen LogP contribution in [0.15, 0.2) is 0 Å². The van der Waals surface area contributed by atoms with Crippen LogP contribution in [0.3, 0.4) is 0 Å². The Hall–Kier alpha value is -0.505. The Bertz CT molecular complexity index is 193.